The van der Waals surface area contributed by atoms with Gasteiger partial charge in [0.15, 0.2) is 0 Å². The van der Waals surface area contributed by atoms with E-state index < -0.39 is 0 Å². The van der Waals surface area contributed by atoms with Crippen LogP contribution in [0, 0.1) is 0 Å². The van der Waals surface area contributed by atoms with Gasteiger partial charge in [-0.3, -0.25) is 14.6 Å². The summed E-state index contributed by atoms with van der Waals surface area (Å²) in [5.74, 6) is -0.124. The summed E-state index contributed by atoms with van der Waals surface area (Å²) in [5.41, 5.74) is 0. The molecule has 0 spiro atoms. The molecule has 2 heterocycles. The van der Waals surface area contributed by atoms with E-state index in [0.29, 0.717) is 13.2 Å². The molecule has 2 rings (SSSR count). The molecule has 19 heavy (non-hydrogen) atoms. The number of esters is 1. The Balaban J connectivity index is 1.71. The lowest BCUT2D eigenvalue weighted by molar-refractivity contribution is -0.144. The fourth-order valence-electron chi connectivity index (χ4n) is 2.15. The Morgan fingerprint density at radius 2 is 2.00 bits per heavy atom. The van der Waals surface area contributed by atoms with Crippen LogP contribution in [0.1, 0.15) is 11.8 Å². The van der Waals surface area contributed by atoms with Crippen LogP contribution in [0.25, 0.3) is 0 Å². The average Bonchev–Trinajstić information content (AvgIpc) is 2.78. The Kier molecular flexibility index (Phi) is 5.63. The predicted molar refractivity (Wildman–Crippen MR) is 77.7 cm³/mol. The number of hydrogen-bond donors (Lipinski definition) is 0. The van der Waals surface area contributed by atoms with Gasteiger partial charge < -0.3 is 4.74 Å². The lowest BCUT2D eigenvalue weighted by Crippen LogP contribution is -2.47. The molecule has 0 atom stereocenters. The van der Waals surface area contributed by atoms with Crippen molar-refractivity contribution < 1.29 is 9.53 Å². The van der Waals surface area contributed by atoms with Crippen LogP contribution < -0.4 is 0 Å². The van der Waals surface area contributed by atoms with Crippen LogP contribution in [0.2, 0.25) is 4.34 Å². The molecular formula is C13H19ClN2O2S. The zero-order chi connectivity index (χ0) is 13.7. The molecule has 0 N–H and O–H groups in total. The van der Waals surface area contributed by atoms with Gasteiger partial charge >= 0.3 is 5.97 Å². The Bertz CT molecular complexity index is 417. The number of nitrogens with zero attached hydrogens (tertiary/aromatic N) is 2. The SMILES string of the molecule is CCOC(=O)CN1CCN(Cc2ccc(Cl)s2)CC1. The smallest absolute Gasteiger partial charge is 0.320 e. The highest BCUT2D eigenvalue weighted by molar-refractivity contribution is 7.16. The van der Waals surface area contributed by atoms with Gasteiger partial charge in [-0.15, -0.1) is 11.3 Å². The van der Waals surface area contributed by atoms with Gasteiger partial charge in [0.05, 0.1) is 17.5 Å². The van der Waals surface area contributed by atoms with E-state index in [1.165, 1.54) is 4.88 Å². The first-order chi connectivity index (χ1) is 9.17. The Morgan fingerprint density at radius 3 is 2.58 bits per heavy atom. The first-order valence-corrected chi connectivity index (χ1v) is 7.71. The van der Waals surface area contributed by atoms with E-state index in [1.54, 1.807) is 11.3 Å². The first-order valence-electron chi connectivity index (χ1n) is 6.52. The molecule has 0 unspecified atom stereocenters. The van der Waals surface area contributed by atoms with Gasteiger partial charge in [-0.1, -0.05) is 11.6 Å². The summed E-state index contributed by atoms with van der Waals surface area (Å²) < 4.78 is 5.81. The maximum absolute atomic E-state index is 11.4. The molecular weight excluding hydrogens is 284 g/mol. The molecule has 1 aliphatic heterocycles. The molecule has 0 bridgehead atoms. The average molecular weight is 303 g/mol. The highest BCUT2D eigenvalue weighted by Gasteiger charge is 2.19. The minimum Gasteiger partial charge on any atom is -0.465 e. The van der Waals surface area contributed by atoms with E-state index in [1.807, 2.05) is 13.0 Å². The van der Waals surface area contributed by atoms with Crippen LogP contribution >= 0.6 is 22.9 Å². The van der Waals surface area contributed by atoms with Gasteiger partial charge in [0, 0.05) is 37.6 Å². The molecule has 4 nitrogen and oxygen atoms in total. The Labute approximate surface area is 122 Å². The van der Waals surface area contributed by atoms with E-state index in [0.717, 1.165) is 37.1 Å². The van der Waals surface area contributed by atoms with Crippen LogP contribution in [-0.2, 0) is 16.1 Å². The summed E-state index contributed by atoms with van der Waals surface area (Å²) in [5, 5.41) is 0. The van der Waals surface area contributed by atoms with Gasteiger partial charge in [-0.05, 0) is 19.1 Å². The molecule has 1 aromatic heterocycles. The molecule has 0 radical (unpaired) electrons. The highest BCUT2D eigenvalue weighted by atomic mass is 35.5. The third-order valence-electron chi connectivity index (χ3n) is 3.13. The molecule has 0 aromatic carbocycles. The molecule has 1 fully saturated rings. The number of carbonyl (C=O) groups excluding carboxylic acids is 1. The van der Waals surface area contributed by atoms with Crippen molar-refractivity contribution in [1.29, 1.82) is 0 Å². The van der Waals surface area contributed by atoms with Crippen LogP contribution in [0.4, 0.5) is 0 Å². The summed E-state index contributed by atoms with van der Waals surface area (Å²) in [6, 6.07) is 4.02. The predicted octanol–water partition coefficient (Wildman–Crippen LogP) is 2.08. The normalized spacial score (nSPS) is 17.6. The molecule has 106 valence electrons. The minimum absolute atomic E-state index is 0.124. The number of ether oxygens (including phenoxy) is 1. The van der Waals surface area contributed by atoms with Crippen molar-refractivity contribution in [2.75, 3.05) is 39.3 Å². The van der Waals surface area contributed by atoms with Crippen LogP contribution in [0.5, 0.6) is 0 Å². The number of thiophene rings is 1. The minimum atomic E-state index is -0.124. The molecule has 6 heteroatoms. The molecule has 1 saturated heterocycles. The van der Waals surface area contributed by atoms with E-state index in [-0.39, 0.29) is 5.97 Å². The summed E-state index contributed by atoms with van der Waals surface area (Å²) in [4.78, 5) is 17.2. The fraction of sp³-hybridized carbons (Fsp3) is 0.615. The van der Waals surface area contributed by atoms with Crippen LogP contribution in [-0.4, -0.2) is 55.1 Å². The zero-order valence-electron chi connectivity index (χ0n) is 11.1. The summed E-state index contributed by atoms with van der Waals surface area (Å²) >= 11 is 7.56. The van der Waals surface area contributed by atoms with E-state index in [9.17, 15) is 4.79 Å². The topological polar surface area (TPSA) is 32.8 Å². The fourth-order valence-corrected chi connectivity index (χ4v) is 3.28. The summed E-state index contributed by atoms with van der Waals surface area (Å²) in [7, 11) is 0. The van der Waals surface area contributed by atoms with Gasteiger partial charge in [0.25, 0.3) is 0 Å². The van der Waals surface area contributed by atoms with Crippen molar-refractivity contribution in [3.05, 3.63) is 21.3 Å². The quantitative estimate of drug-likeness (QED) is 0.780. The summed E-state index contributed by atoms with van der Waals surface area (Å²) in [6.45, 7) is 7.44. The van der Waals surface area contributed by atoms with Crippen molar-refractivity contribution in [2.24, 2.45) is 0 Å². The number of hydrogen-bond acceptors (Lipinski definition) is 5. The molecule has 1 aliphatic rings. The monoisotopic (exact) mass is 302 g/mol. The van der Waals surface area contributed by atoms with Crippen LogP contribution in [0.3, 0.4) is 0 Å². The van der Waals surface area contributed by atoms with Gasteiger partial charge in [0.1, 0.15) is 0 Å². The summed E-state index contributed by atoms with van der Waals surface area (Å²) in [6.07, 6.45) is 0. The lowest BCUT2D eigenvalue weighted by Gasteiger charge is -2.33. The number of carbonyl (C=O) groups is 1. The second-order valence-electron chi connectivity index (χ2n) is 4.56. The van der Waals surface area contributed by atoms with Crippen molar-refractivity contribution in [3.8, 4) is 0 Å². The molecule has 0 aliphatic carbocycles. The Morgan fingerprint density at radius 1 is 1.32 bits per heavy atom. The third kappa shape index (κ3) is 4.76. The van der Waals surface area contributed by atoms with Gasteiger partial charge in [-0.25, -0.2) is 0 Å². The largest absolute Gasteiger partial charge is 0.465 e. The van der Waals surface area contributed by atoms with Gasteiger partial charge in [0.2, 0.25) is 0 Å². The highest BCUT2D eigenvalue weighted by Crippen LogP contribution is 2.23. The van der Waals surface area contributed by atoms with Crippen molar-refractivity contribution in [2.45, 2.75) is 13.5 Å². The molecule has 0 amide bonds. The second-order valence-corrected chi connectivity index (χ2v) is 6.36. The third-order valence-corrected chi connectivity index (χ3v) is 4.35. The molecule has 0 saturated carbocycles. The maximum Gasteiger partial charge on any atom is 0.320 e. The number of rotatable bonds is 5. The lowest BCUT2D eigenvalue weighted by atomic mass is 10.3. The number of halogens is 1. The van der Waals surface area contributed by atoms with Crippen molar-refractivity contribution >= 4 is 28.9 Å². The van der Waals surface area contributed by atoms with Crippen molar-refractivity contribution in [1.82, 2.24) is 9.80 Å². The zero-order valence-corrected chi connectivity index (χ0v) is 12.7. The van der Waals surface area contributed by atoms with E-state index >= 15 is 0 Å². The van der Waals surface area contributed by atoms with E-state index in [4.69, 9.17) is 16.3 Å². The van der Waals surface area contributed by atoms with Crippen LogP contribution in [0.15, 0.2) is 12.1 Å². The second kappa shape index (κ2) is 7.24. The standard InChI is InChI=1S/C13H19ClN2O2S/c1-2-18-13(17)10-16-7-5-15(6-8-16)9-11-3-4-12(14)19-11/h3-4H,2,5-10H2,1H3. The van der Waals surface area contributed by atoms with E-state index in [2.05, 4.69) is 15.9 Å². The Hall–Kier alpha value is -0.620. The number of piperazine rings is 1. The van der Waals surface area contributed by atoms with Crippen molar-refractivity contribution in [3.63, 3.8) is 0 Å². The first kappa shape index (κ1) is 14.8. The van der Waals surface area contributed by atoms with Gasteiger partial charge in [-0.2, -0.15) is 0 Å². The molecule has 1 aromatic rings. The maximum atomic E-state index is 11.4.